The molecule has 0 N–H and O–H groups in total. The van der Waals surface area contributed by atoms with Gasteiger partial charge in [-0.3, -0.25) is 0 Å². The maximum Gasteiger partial charge on any atom is 0.337 e. The number of hydrogen-bond donors (Lipinski definition) is 0. The first-order valence-electron chi connectivity index (χ1n) is 9.22. The van der Waals surface area contributed by atoms with Crippen molar-refractivity contribution in [2.75, 3.05) is 14.2 Å². The predicted octanol–water partition coefficient (Wildman–Crippen LogP) is 5.52. The SMILES string of the molecule is COC(=O)c1ccc(C#CC=Cc2ccc(OC)cc2-c2ccc(C)cc2)cc1. The molecule has 0 saturated carbocycles. The van der Waals surface area contributed by atoms with Crippen LogP contribution >= 0.6 is 0 Å². The van der Waals surface area contributed by atoms with Crippen molar-refractivity contribution in [3.05, 3.63) is 95.1 Å². The fraction of sp³-hybridized carbons (Fsp3) is 0.115. The van der Waals surface area contributed by atoms with Gasteiger partial charge in [0.1, 0.15) is 5.75 Å². The van der Waals surface area contributed by atoms with Gasteiger partial charge in [-0.25, -0.2) is 4.79 Å². The van der Waals surface area contributed by atoms with Crippen molar-refractivity contribution < 1.29 is 14.3 Å². The zero-order chi connectivity index (χ0) is 20.6. The zero-order valence-corrected chi connectivity index (χ0v) is 16.7. The molecule has 3 aromatic rings. The molecule has 3 heteroatoms. The summed E-state index contributed by atoms with van der Waals surface area (Å²) in [4.78, 5) is 11.5. The lowest BCUT2D eigenvalue weighted by atomic mass is 9.98. The van der Waals surface area contributed by atoms with Crippen molar-refractivity contribution in [2.45, 2.75) is 6.92 Å². The largest absolute Gasteiger partial charge is 0.497 e. The normalized spacial score (nSPS) is 10.3. The molecule has 29 heavy (non-hydrogen) atoms. The minimum atomic E-state index is -0.354. The summed E-state index contributed by atoms with van der Waals surface area (Å²) in [6.45, 7) is 2.07. The van der Waals surface area contributed by atoms with E-state index in [0.717, 1.165) is 28.0 Å². The first-order chi connectivity index (χ1) is 14.1. The van der Waals surface area contributed by atoms with E-state index < -0.39 is 0 Å². The maximum atomic E-state index is 11.5. The lowest BCUT2D eigenvalue weighted by molar-refractivity contribution is 0.0600. The molecule has 0 spiro atoms. The first-order valence-corrected chi connectivity index (χ1v) is 9.22. The Labute approximate surface area is 171 Å². The second-order valence-electron chi connectivity index (χ2n) is 6.49. The third kappa shape index (κ3) is 5.15. The molecule has 0 aliphatic carbocycles. The summed E-state index contributed by atoms with van der Waals surface area (Å²) in [6, 6.07) is 21.4. The Balaban J connectivity index is 1.83. The summed E-state index contributed by atoms with van der Waals surface area (Å²) >= 11 is 0. The fourth-order valence-corrected chi connectivity index (χ4v) is 2.85. The average Bonchev–Trinajstić information content (AvgIpc) is 2.77. The van der Waals surface area contributed by atoms with Crippen LogP contribution in [0.15, 0.2) is 72.8 Å². The molecule has 0 amide bonds. The number of esters is 1. The second kappa shape index (κ2) is 9.43. The number of benzene rings is 3. The van der Waals surface area contributed by atoms with Crippen LogP contribution in [0.1, 0.15) is 27.0 Å². The molecule has 0 heterocycles. The predicted molar refractivity (Wildman–Crippen MR) is 117 cm³/mol. The van der Waals surface area contributed by atoms with Crippen LogP contribution in [0, 0.1) is 18.8 Å². The van der Waals surface area contributed by atoms with Gasteiger partial charge in [0.2, 0.25) is 0 Å². The molecule has 144 valence electrons. The van der Waals surface area contributed by atoms with E-state index in [1.165, 1.54) is 12.7 Å². The van der Waals surface area contributed by atoms with Crippen LogP contribution in [0.4, 0.5) is 0 Å². The molecule has 0 atom stereocenters. The minimum absolute atomic E-state index is 0.354. The van der Waals surface area contributed by atoms with Gasteiger partial charge in [0, 0.05) is 5.56 Å². The van der Waals surface area contributed by atoms with E-state index in [4.69, 9.17) is 9.47 Å². The van der Waals surface area contributed by atoms with Crippen LogP contribution in [-0.2, 0) is 4.74 Å². The van der Waals surface area contributed by atoms with E-state index in [-0.39, 0.29) is 5.97 Å². The molecule has 3 aromatic carbocycles. The monoisotopic (exact) mass is 382 g/mol. The Morgan fingerprint density at radius 1 is 0.931 bits per heavy atom. The van der Waals surface area contributed by atoms with Crippen LogP contribution in [0.25, 0.3) is 17.2 Å². The van der Waals surface area contributed by atoms with Crippen LogP contribution in [-0.4, -0.2) is 20.2 Å². The summed E-state index contributed by atoms with van der Waals surface area (Å²) in [5.74, 6) is 6.59. The second-order valence-corrected chi connectivity index (χ2v) is 6.49. The van der Waals surface area contributed by atoms with Gasteiger partial charge in [-0.15, -0.1) is 0 Å². The molecule has 0 bridgehead atoms. The topological polar surface area (TPSA) is 35.5 Å². The minimum Gasteiger partial charge on any atom is -0.497 e. The number of carbonyl (C=O) groups is 1. The number of allylic oxidation sites excluding steroid dienone is 1. The quantitative estimate of drug-likeness (QED) is 0.440. The van der Waals surface area contributed by atoms with E-state index in [0.29, 0.717) is 5.56 Å². The number of rotatable bonds is 4. The molecule has 0 unspecified atom stereocenters. The number of methoxy groups -OCH3 is 2. The van der Waals surface area contributed by atoms with Crippen molar-refractivity contribution >= 4 is 12.0 Å². The summed E-state index contributed by atoms with van der Waals surface area (Å²) in [5, 5.41) is 0. The van der Waals surface area contributed by atoms with Crippen molar-refractivity contribution in [2.24, 2.45) is 0 Å². The Bertz CT molecular complexity index is 1080. The van der Waals surface area contributed by atoms with Crippen LogP contribution in [0.5, 0.6) is 5.75 Å². The highest BCUT2D eigenvalue weighted by Crippen LogP contribution is 2.29. The van der Waals surface area contributed by atoms with Crippen molar-refractivity contribution in [1.29, 1.82) is 0 Å². The maximum absolute atomic E-state index is 11.5. The third-order valence-corrected chi connectivity index (χ3v) is 4.49. The van der Waals surface area contributed by atoms with Crippen LogP contribution in [0.3, 0.4) is 0 Å². The van der Waals surface area contributed by atoms with E-state index in [1.54, 1.807) is 31.4 Å². The Morgan fingerprint density at radius 3 is 2.31 bits per heavy atom. The number of hydrogen-bond acceptors (Lipinski definition) is 3. The number of carbonyl (C=O) groups excluding carboxylic acids is 1. The molecule has 0 aliphatic rings. The van der Waals surface area contributed by atoms with Crippen molar-refractivity contribution in [3.63, 3.8) is 0 Å². The number of ether oxygens (including phenoxy) is 2. The molecule has 3 rings (SSSR count). The molecule has 0 aromatic heterocycles. The summed E-state index contributed by atoms with van der Waals surface area (Å²) in [7, 11) is 3.03. The van der Waals surface area contributed by atoms with E-state index >= 15 is 0 Å². The van der Waals surface area contributed by atoms with E-state index in [1.807, 2.05) is 30.4 Å². The zero-order valence-electron chi connectivity index (χ0n) is 16.7. The Kier molecular flexibility index (Phi) is 6.50. The van der Waals surface area contributed by atoms with Crippen molar-refractivity contribution in [1.82, 2.24) is 0 Å². The Morgan fingerprint density at radius 2 is 1.66 bits per heavy atom. The Hall–Kier alpha value is -3.77. The van der Waals surface area contributed by atoms with Gasteiger partial charge in [-0.1, -0.05) is 47.7 Å². The van der Waals surface area contributed by atoms with Crippen molar-refractivity contribution in [3.8, 4) is 28.7 Å². The standard InChI is InChI=1S/C26H22O3/c1-19-8-12-22(13-9-19)25-18-24(28-2)17-16-21(25)7-5-4-6-20-10-14-23(15-11-20)26(27)29-3/h5,7-18H,1-3H3. The highest BCUT2D eigenvalue weighted by atomic mass is 16.5. The third-order valence-electron chi connectivity index (χ3n) is 4.49. The lowest BCUT2D eigenvalue weighted by Gasteiger charge is -2.09. The van der Waals surface area contributed by atoms with Gasteiger partial charge in [0.15, 0.2) is 0 Å². The van der Waals surface area contributed by atoms with Gasteiger partial charge in [-0.2, -0.15) is 0 Å². The smallest absolute Gasteiger partial charge is 0.337 e. The molecule has 0 radical (unpaired) electrons. The molecular weight excluding hydrogens is 360 g/mol. The van der Waals surface area contributed by atoms with Gasteiger partial charge in [0.05, 0.1) is 19.8 Å². The van der Waals surface area contributed by atoms with Crippen LogP contribution in [0.2, 0.25) is 0 Å². The molecule has 0 aliphatic heterocycles. The highest BCUT2D eigenvalue weighted by molar-refractivity contribution is 5.89. The molecular formula is C26H22O3. The number of aryl methyl sites for hydroxylation is 1. The average molecular weight is 382 g/mol. The summed E-state index contributed by atoms with van der Waals surface area (Å²) in [5.41, 5.74) is 5.83. The lowest BCUT2D eigenvalue weighted by Crippen LogP contribution is -2.00. The molecule has 0 saturated heterocycles. The summed E-state index contributed by atoms with van der Waals surface area (Å²) in [6.07, 6.45) is 3.82. The summed E-state index contributed by atoms with van der Waals surface area (Å²) < 4.78 is 10.1. The fourth-order valence-electron chi connectivity index (χ4n) is 2.85. The first kappa shape index (κ1) is 20.0. The van der Waals surface area contributed by atoms with E-state index in [9.17, 15) is 4.79 Å². The van der Waals surface area contributed by atoms with Gasteiger partial charge in [0.25, 0.3) is 0 Å². The van der Waals surface area contributed by atoms with Gasteiger partial charge in [-0.05, 0) is 72.2 Å². The van der Waals surface area contributed by atoms with Gasteiger partial charge < -0.3 is 9.47 Å². The molecule has 0 fully saturated rings. The van der Waals surface area contributed by atoms with Crippen LogP contribution < -0.4 is 4.74 Å². The van der Waals surface area contributed by atoms with E-state index in [2.05, 4.69) is 43.0 Å². The van der Waals surface area contributed by atoms with Gasteiger partial charge >= 0.3 is 5.97 Å². The molecule has 3 nitrogen and oxygen atoms in total. The highest BCUT2D eigenvalue weighted by Gasteiger charge is 2.05.